The van der Waals surface area contributed by atoms with E-state index in [9.17, 15) is 4.79 Å². The minimum atomic E-state index is -0.468. The third kappa shape index (κ3) is 3.72. The Bertz CT molecular complexity index is 368. The molecule has 0 fully saturated rings. The summed E-state index contributed by atoms with van der Waals surface area (Å²) in [6, 6.07) is 4.66. The van der Waals surface area contributed by atoms with E-state index in [0.717, 1.165) is 0 Å². The first-order valence-electron chi connectivity index (χ1n) is 4.95. The van der Waals surface area contributed by atoms with Gasteiger partial charge in [-0.1, -0.05) is 11.6 Å². The molecule has 4 nitrogen and oxygen atoms in total. The summed E-state index contributed by atoms with van der Waals surface area (Å²) in [5, 5.41) is 0.293. The molecule has 1 rings (SSSR count). The zero-order valence-electron chi connectivity index (χ0n) is 9.03. The Morgan fingerprint density at radius 3 is 2.81 bits per heavy atom. The molecule has 0 saturated heterocycles. The molecule has 2 N–H and O–H groups in total. The van der Waals surface area contributed by atoms with Crippen LogP contribution in [0.3, 0.4) is 0 Å². The lowest BCUT2D eigenvalue weighted by Crippen LogP contribution is -2.11. The maximum absolute atomic E-state index is 11.5. The van der Waals surface area contributed by atoms with Crippen molar-refractivity contribution in [1.82, 2.24) is 0 Å². The van der Waals surface area contributed by atoms with Gasteiger partial charge < -0.3 is 15.2 Å². The first-order chi connectivity index (χ1) is 7.65. The summed E-state index contributed by atoms with van der Waals surface area (Å²) in [5.41, 5.74) is 6.33. The van der Waals surface area contributed by atoms with E-state index in [1.807, 2.05) is 6.92 Å². The second-order valence-electron chi connectivity index (χ2n) is 3.07. The quantitative estimate of drug-likeness (QED) is 0.489. The first kappa shape index (κ1) is 12.8. The smallest absolute Gasteiger partial charge is 0.339 e. The fraction of sp³-hybridized carbons (Fsp3) is 0.364. The van der Waals surface area contributed by atoms with Crippen LogP contribution in [0, 0.1) is 0 Å². The van der Waals surface area contributed by atoms with Crippen molar-refractivity contribution in [2.75, 3.05) is 25.6 Å². The number of carbonyl (C=O) groups excluding carboxylic acids is 1. The molecule has 16 heavy (non-hydrogen) atoms. The Morgan fingerprint density at radius 1 is 1.44 bits per heavy atom. The highest BCUT2D eigenvalue weighted by atomic mass is 35.5. The van der Waals surface area contributed by atoms with E-state index < -0.39 is 5.97 Å². The predicted octanol–water partition coefficient (Wildman–Crippen LogP) is 2.12. The van der Waals surface area contributed by atoms with Gasteiger partial charge in [0.05, 0.1) is 17.2 Å². The molecule has 0 radical (unpaired) electrons. The average Bonchev–Trinajstić information content (AvgIpc) is 2.24. The van der Waals surface area contributed by atoms with Gasteiger partial charge in [0.2, 0.25) is 0 Å². The van der Waals surface area contributed by atoms with Crippen LogP contribution < -0.4 is 5.73 Å². The molecule has 0 aliphatic heterocycles. The maximum atomic E-state index is 11.5. The molecular weight excluding hydrogens is 230 g/mol. The van der Waals surface area contributed by atoms with Gasteiger partial charge in [0.15, 0.2) is 0 Å². The van der Waals surface area contributed by atoms with Crippen LogP contribution in [0.15, 0.2) is 18.2 Å². The fourth-order valence-corrected chi connectivity index (χ4v) is 1.38. The van der Waals surface area contributed by atoms with Crippen LogP contribution in [-0.2, 0) is 9.47 Å². The van der Waals surface area contributed by atoms with E-state index in [0.29, 0.717) is 29.5 Å². The van der Waals surface area contributed by atoms with Gasteiger partial charge in [-0.2, -0.15) is 0 Å². The van der Waals surface area contributed by atoms with Gasteiger partial charge in [-0.3, -0.25) is 0 Å². The van der Waals surface area contributed by atoms with Gasteiger partial charge in [-0.15, -0.1) is 0 Å². The van der Waals surface area contributed by atoms with E-state index in [1.165, 1.54) is 6.07 Å². The molecule has 0 aliphatic rings. The van der Waals surface area contributed by atoms with Crippen LogP contribution in [0.4, 0.5) is 5.69 Å². The van der Waals surface area contributed by atoms with E-state index in [-0.39, 0.29) is 6.61 Å². The van der Waals surface area contributed by atoms with Crippen molar-refractivity contribution in [3.63, 3.8) is 0 Å². The van der Waals surface area contributed by atoms with Crippen LogP contribution in [-0.4, -0.2) is 25.8 Å². The van der Waals surface area contributed by atoms with Gasteiger partial charge in [0, 0.05) is 12.3 Å². The molecule has 1 aromatic carbocycles. The van der Waals surface area contributed by atoms with Gasteiger partial charge in [0.1, 0.15) is 6.61 Å². The minimum Gasteiger partial charge on any atom is -0.460 e. The molecule has 88 valence electrons. The summed E-state index contributed by atoms with van der Waals surface area (Å²) in [7, 11) is 0. The van der Waals surface area contributed by atoms with Crippen molar-refractivity contribution < 1.29 is 14.3 Å². The molecule has 0 unspecified atom stereocenters. The highest BCUT2D eigenvalue weighted by Crippen LogP contribution is 2.19. The minimum absolute atomic E-state index is 0.216. The van der Waals surface area contributed by atoms with Gasteiger partial charge in [-0.25, -0.2) is 4.79 Å². The van der Waals surface area contributed by atoms with Crippen molar-refractivity contribution in [1.29, 1.82) is 0 Å². The number of nitrogens with two attached hydrogens (primary N) is 1. The maximum Gasteiger partial charge on any atom is 0.339 e. The van der Waals surface area contributed by atoms with Crippen molar-refractivity contribution in [2.45, 2.75) is 6.92 Å². The van der Waals surface area contributed by atoms with Gasteiger partial charge in [-0.05, 0) is 25.1 Å². The number of nitrogen functional groups attached to an aromatic ring is 1. The van der Waals surface area contributed by atoms with Crippen molar-refractivity contribution in [3.05, 3.63) is 28.8 Å². The molecular formula is C11H14ClNO3. The number of rotatable bonds is 5. The fourth-order valence-electron chi connectivity index (χ4n) is 1.11. The third-order valence-electron chi connectivity index (χ3n) is 1.88. The number of hydrogen-bond donors (Lipinski definition) is 1. The summed E-state index contributed by atoms with van der Waals surface area (Å²) in [4.78, 5) is 11.5. The van der Waals surface area contributed by atoms with E-state index in [2.05, 4.69) is 0 Å². The number of carbonyl (C=O) groups is 1. The van der Waals surface area contributed by atoms with Crippen molar-refractivity contribution in [3.8, 4) is 0 Å². The molecule has 0 saturated carbocycles. The molecule has 0 bridgehead atoms. The highest BCUT2D eigenvalue weighted by molar-refractivity contribution is 6.33. The number of benzene rings is 1. The zero-order valence-corrected chi connectivity index (χ0v) is 9.79. The SMILES string of the molecule is CCOCCOC(=O)c1ccc(N)cc1Cl. The Labute approximate surface area is 99.3 Å². The summed E-state index contributed by atoms with van der Waals surface area (Å²) in [5.74, 6) is -0.468. The molecule has 5 heteroatoms. The molecule has 0 spiro atoms. The van der Waals surface area contributed by atoms with Crippen molar-refractivity contribution in [2.24, 2.45) is 0 Å². The summed E-state index contributed by atoms with van der Waals surface area (Å²) < 4.78 is 10.0. The summed E-state index contributed by atoms with van der Waals surface area (Å²) >= 11 is 5.85. The van der Waals surface area contributed by atoms with Crippen LogP contribution in [0.5, 0.6) is 0 Å². The van der Waals surface area contributed by atoms with Crippen LogP contribution in [0.2, 0.25) is 5.02 Å². The highest BCUT2D eigenvalue weighted by Gasteiger charge is 2.11. The second-order valence-corrected chi connectivity index (χ2v) is 3.48. The number of halogens is 1. The molecule has 0 aromatic heterocycles. The van der Waals surface area contributed by atoms with Crippen molar-refractivity contribution >= 4 is 23.3 Å². The van der Waals surface area contributed by atoms with E-state index in [1.54, 1.807) is 12.1 Å². The average molecular weight is 244 g/mol. The first-order valence-corrected chi connectivity index (χ1v) is 5.33. The van der Waals surface area contributed by atoms with E-state index in [4.69, 9.17) is 26.8 Å². The third-order valence-corrected chi connectivity index (χ3v) is 2.19. The monoisotopic (exact) mass is 243 g/mol. The standard InChI is InChI=1S/C11H14ClNO3/c1-2-15-5-6-16-11(14)9-4-3-8(13)7-10(9)12/h3-4,7H,2,5-6,13H2,1H3. The molecule has 0 heterocycles. The van der Waals surface area contributed by atoms with Crippen LogP contribution in [0.25, 0.3) is 0 Å². The zero-order chi connectivity index (χ0) is 12.0. The lowest BCUT2D eigenvalue weighted by atomic mass is 10.2. The Hall–Kier alpha value is -1.26. The van der Waals surface area contributed by atoms with Crippen LogP contribution >= 0.6 is 11.6 Å². The number of anilines is 1. The Kier molecular flexibility index (Phi) is 5.08. The lowest BCUT2D eigenvalue weighted by molar-refractivity contribution is 0.0335. The topological polar surface area (TPSA) is 61.5 Å². The molecule has 0 amide bonds. The Morgan fingerprint density at radius 2 is 2.19 bits per heavy atom. The largest absolute Gasteiger partial charge is 0.460 e. The second kappa shape index (κ2) is 6.35. The lowest BCUT2D eigenvalue weighted by Gasteiger charge is -2.06. The summed E-state index contributed by atoms with van der Waals surface area (Å²) in [6.45, 7) is 3.07. The normalized spacial score (nSPS) is 10.1. The van der Waals surface area contributed by atoms with Crippen LogP contribution in [0.1, 0.15) is 17.3 Å². The van der Waals surface area contributed by atoms with E-state index >= 15 is 0 Å². The number of hydrogen-bond acceptors (Lipinski definition) is 4. The summed E-state index contributed by atoms with van der Waals surface area (Å²) in [6.07, 6.45) is 0. The molecule has 0 aliphatic carbocycles. The molecule has 0 atom stereocenters. The number of esters is 1. The van der Waals surface area contributed by atoms with Gasteiger partial charge >= 0.3 is 5.97 Å². The number of ether oxygens (including phenoxy) is 2. The molecule has 1 aromatic rings. The van der Waals surface area contributed by atoms with Gasteiger partial charge in [0.25, 0.3) is 0 Å². The predicted molar refractivity (Wildman–Crippen MR) is 62.6 cm³/mol. The Balaban J connectivity index is 2.53.